The van der Waals surface area contributed by atoms with Crippen LogP contribution < -0.4 is 5.32 Å². The highest BCUT2D eigenvalue weighted by Gasteiger charge is 2.11. The molecule has 0 spiro atoms. The minimum Gasteiger partial charge on any atom is -0.317 e. The van der Waals surface area contributed by atoms with Crippen molar-refractivity contribution < 1.29 is 0 Å². The zero-order valence-corrected chi connectivity index (χ0v) is 12.3. The number of hydrogen-bond donors (Lipinski definition) is 1. The maximum absolute atomic E-state index is 4.67. The Balaban J connectivity index is 1.97. The van der Waals surface area contributed by atoms with E-state index in [2.05, 4.69) is 48.5 Å². The molecule has 2 rings (SSSR count). The molecular weight excluding hydrogens is 234 g/mol. The number of aromatic nitrogens is 2. The first-order valence-electron chi connectivity index (χ1n) is 7.33. The molecule has 0 bridgehead atoms. The molecule has 0 radical (unpaired) electrons. The van der Waals surface area contributed by atoms with Crippen molar-refractivity contribution in [3.05, 3.63) is 30.0 Å². The molecule has 19 heavy (non-hydrogen) atoms. The summed E-state index contributed by atoms with van der Waals surface area (Å²) < 4.78 is 1.99. The van der Waals surface area contributed by atoms with Gasteiger partial charge >= 0.3 is 0 Å². The van der Waals surface area contributed by atoms with Crippen LogP contribution in [0.15, 0.2) is 24.3 Å². The predicted molar refractivity (Wildman–Crippen MR) is 81.4 cm³/mol. The van der Waals surface area contributed by atoms with Crippen LogP contribution in [0.2, 0.25) is 0 Å². The molecule has 104 valence electrons. The monoisotopic (exact) mass is 259 g/mol. The van der Waals surface area contributed by atoms with E-state index in [1.807, 2.05) is 11.7 Å². The van der Waals surface area contributed by atoms with Gasteiger partial charge in [-0.15, -0.1) is 0 Å². The van der Waals surface area contributed by atoms with Crippen LogP contribution in [0, 0.1) is 5.92 Å². The molecule has 1 heterocycles. The predicted octanol–water partition coefficient (Wildman–Crippen LogP) is 3.14. The number of nitrogens with zero attached hydrogens (tertiary/aromatic N) is 2. The van der Waals surface area contributed by atoms with Crippen molar-refractivity contribution in [3.8, 4) is 0 Å². The number of rotatable bonds is 7. The average molecular weight is 259 g/mol. The fourth-order valence-corrected chi connectivity index (χ4v) is 2.52. The lowest BCUT2D eigenvalue weighted by atomic mass is 10.00. The Labute approximate surface area is 116 Å². The third kappa shape index (κ3) is 3.57. The maximum Gasteiger partial charge on any atom is 0.0705 e. The standard InChI is InChI=1S/C16H25N3/c1-4-10-17-11-9-13(2)12-15-14-7-5-6-8-16(14)19(3)18-15/h5-8,13,17H,4,9-12H2,1-3H3. The fourth-order valence-electron chi connectivity index (χ4n) is 2.52. The molecule has 1 N–H and O–H groups in total. The molecule has 2 aromatic rings. The Hall–Kier alpha value is -1.35. The van der Waals surface area contributed by atoms with E-state index in [1.54, 1.807) is 0 Å². The van der Waals surface area contributed by atoms with Crippen molar-refractivity contribution in [2.45, 2.75) is 33.1 Å². The van der Waals surface area contributed by atoms with Gasteiger partial charge in [0.2, 0.25) is 0 Å². The molecule has 0 amide bonds. The lowest BCUT2D eigenvalue weighted by Gasteiger charge is -2.10. The third-order valence-corrected chi connectivity index (χ3v) is 3.62. The highest BCUT2D eigenvalue weighted by molar-refractivity contribution is 5.81. The zero-order valence-electron chi connectivity index (χ0n) is 12.3. The van der Waals surface area contributed by atoms with E-state index in [9.17, 15) is 0 Å². The number of benzene rings is 1. The fraction of sp³-hybridized carbons (Fsp3) is 0.562. The van der Waals surface area contributed by atoms with Crippen LogP contribution in [0.3, 0.4) is 0 Å². The van der Waals surface area contributed by atoms with Crippen molar-refractivity contribution in [1.82, 2.24) is 15.1 Å². The maximum atomic E-state index is 4.67. The molecule has 0 fully saturated rings. The van der Waals surface area contributed by atoms with Crippen LogP contribution in [-0.4, -0.2) is 22.9 Å². The van der Waals surface area contributed by atoms with Crippen LogP contribution in [0.25, 0.3) is 10.9 Å². The SMILES string of the molecule is CCCNCCC(C)Cc1nn(C)c2ccccc12. The van der Waals surface area contributed by atoms with E-state index in [-0.39, 0.29) is 0 Å². The van der Waals surface area contributed by atoms with Gasteiger partial charge in [-0.05, 0) is 44.3 Å². The molecule has 1 aromatic carbocycles. The molecular formula is C16H25N3. The highest BCUT2D eigenvalue weighted by atomic mass is 15.3. The summed E-state index contributed by atoms with van der Waals surface area (Å²) in [5.74, 6) is 0.669. The van der Waals surface area contributed by atoms with E-state index in [1.165, 1.54) is 29.4 Å². The third-order valence-electron chi connectivity index (χ3n) is 3.62. The van der Waals surface area contributed by atoms with Gasteiger partial charge in [0.25, 0.3) is 0 Å². The molecule has 0 saturated heterocycles. The van der Waals surface area contributed by atoms with Gasteiger partial charge in [0.15, 0.2) is 0 Å². The normalized spacial score (nSPS) is 13.0. The van der Waals surface area contributed by atoms with E-state index in [4.69, 9.17) is 0 Å². The molecule has 1 atom stereocenters. The van der Waals surface area contributed by atoms with Gasteiger partial charge in [-0.25, -0.2) is 0 Å². The molecule has 1 unspecified atom stereocenters. The summed E-state index contributed by atoms with van der Waals surface area (Å²) in [7, 11) is 2.03. The number of fused-ring (bicyclic) bond motifs is 1. The lowest BCUT2D eigenvalue weighted by molar-refractivity contribution is 0.493. The second kappa shape index (κ2) is 6.71. The van der Waals surface area contributed by atoms with Crippen molar-refractivity contribution in [1.29, 1.82) is 0 Å². The highest BCUT2D eigenvalue weighted by Crippen LogP contribution is 2.20. The molecule has 0 aliphatic carbocycles. The molecule has 0 saturated carbocycles. The topological polar surface area (TPSA) is 29.9 Å². The van der Waals surface area contributed by atoms with Gasteiger partial charge in [0.1, 0.15) is 0 Å². The Kier molecular flexibility index (Phi) is 4.97. The lowest BCUT2D eigenvalue weighted by Crippen LogP contribution is -2.18. The van der Waals surface area contributed by atoms with Crippen molar-refractivity contribution in [3.63, 3.8) is 0 Å². The first-order valence-corrected chi connectivity index (χ1v) is 7.33. The second-order valence-electron chi connectivity index (χ2n) is 5.44. The van der Waals surface area contributed by atoms with Crippen molar-refractivity contribution >= 4 is 10.9 Å². The van der Waals surface area contributed by atoms with Gasteiger partial charge in [0.05, 0.1) is 11.2 Å². The summed E-state index contributed by atoms with van der Waals surface area (Å²) in [6.07, 6.45) is 3.49. The second-order valence-corrected chi connectivity index (χ2v) is 5.44. The Morgan fingerprint density at radius 2 is 2.05 bits per heavy atom. The van der Waals surface area contributed by atoms with Crippen molar-refractivity contribution in [2.24, 2.45) is 13.0 Å². The van der Waals surface area contributed by atoms with E-state index < -0.39 is 0 Å². The number of nitrogens with one attached hydrogen (secondary N) is 1. The van der Waals surface area contributed by atoms with Gasteiger partial charge in [-0.2, -0.15) is 5.10 Å². The summed E-state index contributed by atoms with van der Waals surface area (Å²) in [4.78, 5) is 0. The van der Waals surface area contributed by atoms with Crippen molar-refractivity contribution in [2.75, 3.05) is 13.1 Å². The molecule has 0 aliphatic rings. The number of aryl methyl sites for hydroxylation is 1. The summed E-state index contributed by atoms with van der Waals surface area (Å²) in [5.41, 5.74) is 2.47. The van der Waals surface area contributed by atoms with Crippen LogP contribution in [0.5, 0.6) is 0 Å². The van der Waals surface area contributed by atoms with E-state index in [0.29, 0.717) is 5.92 Å². The Morgan fingerprint density at radius 3 is 2.84 bits per heavy atom. The minimum atomic E-state index is 0.669. The quantitative estimate of drug-likeness (QED) is 0.774. The zero-order chi connectivity index (χ0) is 13.7. The molecule has 1 aromatic heterocycles. The van der Waals surface area contributed by atoms with Gasteiger partial charge in [-0.3, -0.25) is 4.68 Å². The average Bonchev–Trinajstić information content (AvgIpc) is 2.72. The Bertz CT molecular complexity index is 516. The smallest absolute Gasteiger partial charge is 0.0705 e. The summed E-state index contributed by atoms with van der Waals surface area (Å²) in [6, 6.07) is 8.49. The van der Waals surface area contributed by atoms with Crippen LogP contribution in [-0.2, 0) is 13.5 Å². The van der Waals surface area contributed by atoms with Crippen LogP contribution >= 0.6 is 0 Å². The summed E-state index contributed by atoms with van der Waals surface area (Å²) >= 11 is 0. The molecule has 0 aliphatic heterocycles. The molecule has 3 nitrogen and oxygen atoms in total. The van der Waals surface area contributed by atoms with E-state index >= 15 is 0 Å². The van der Waals surface area contributed by atoms with Crippen LogP contribution in [0.1, 0.15) is 32.4 Å². The van der Waals surface area contributed by atoms with E-state index in [0.717, 1.165) is 19.5 Å². The summed E-state index contributed by atoms with van der Waals surface area (Å²) in [6.45, 7) is 6.76. The first-order chi connectivity index (χ1) is 9.22. The number of para-hydroxylation sites is 1. The largest absolute Gasteiger partial charge is 0.317 e. The van der Waals surface area contributed by atoms with Gasteiger partial charge < -0.3 is 5.32 Å². The minimum absolute atomic E-state index is 0.669. The van der Waals surface area contributed by atoms with Gasteiger partial charge in [-0.1, -0.05) is 32.0 Å². The van der Waals surface area contributed by atoms with Crippen LogP contribution in [0.4, 0.5) is 0 Å². The summed E-state index contributed by atoms with van der Waals surface area (Å²) in [5, 5.41) is 9.44. The van der Waals surface area contributed by atoms with Gasteiger partial charge in [0, 0.05) is 12.4 Å². The first kappa shape index (κ1) is 14.1. The number of hydrogen-bond acceptors (Lipinski definition) is 2. The Morgan fingerprint density at radius 1 is 1.26 bits per heavy atom. The molecule has 3 heteroatoms.